The van der Waals surface area contributed by atoms with Gasteiger partial charge in [-0.25, -0.2) is 9.97 Å². The minimum atomic E-state index is -0.301. The maximum absolute atomic E-state index is 12.6. The maximum atomic E-state index is 12.6. The molecule has 0 saturated heterocycles. The molecule has 0 spiro atoms. The van der Waals surface area contributed by atoms with Crippen molar-refractivity contribution >= 4 is 50.6 Å². The largest absolute Gasteiger partial charge is 0.342 e. The van der Waals surface area contributed by atoms with Gasteiger partial charge in [0.1, 0.15) is 15.7 Å². The van der Waals surface area contributed by atoms with E-state index in [1.54, 1.807) is 13.2 Å². The van der Waals surface area contributed by atoms with Gasteiger partial charge in [0, 0.05) is 18.6 Å². The average Bonchev–Trinajstić information content (AvgIpc) is 3.40. The van der Waals surface area contributed by atoms with Gasteiger partial charge in [-0.2, -0.15) is 0 Å². The van der Waals surface area contributed by atoms with Crippen LogP contribution in [0, 0.1) is 0 Å². The van der Waals surface area contributed by atoms with Gasteiger partial charge in [-0.05, 0) is 17.0 Å². The van der Waals surface area contributed by atoms with Crippen LogP contribution in [0.5, 0.6) is 0 Å². The molecule has 0 aliphatic carbocycles. The second kappa shape index (κ2) is 8.26. The zero-order valence-corrected chi connectivity index (χ0v) is 17.3. The summed E-state index contributed by atoms with van der Waals surface area (Å²) in [5.41, 5.74) is 1.55. The zero-order valence-electron chi connectivity index (χ0n) is 14.9. The fourth-order valence-electron chi connectivity index (χ4n) is 2.74. The first kappa shape index (κ1) is 18.9. The number of fused-ring (bicyclic) bond motifs is 1. The number of hydrogen-bond donors (Lipinski definition) is 1. The van der Waals surface area contributed by atoms with Gasteiger partial charge in [0.2, 0.25) is 5.91 Å². The van der Waals surface area contributed by atoms with E-state index >= 15 is 0 Å². The molecule has 1 amide bonds. The molecule has 0 radical (unpaired) electrons. The van der Waals surface area contributed by atoms with Crippen LogP contribution in [0.4, 0.5) is 0 Å². The van der Waals surface area contributed by atoms with Crippen LogP contribution in [-0.4, -0.2) is 26.2 Å². The van der Waals surface area contributed by atoms with Crippen LogP contribution in [0.15, 0.2) is 63.3 Å². The third-order valence-corrected chi connectivity index (χ3v) is 6.88. The van der Waals surface area contributed by atoms with Crippen LogP contribution in [-0.2, 0) is 11.8 Å². The fraction of sp³-hybridized carbons (Fsp3) is 0.158. The normalized spacial score (nSPS) is 12.2. The summed E-state index contributed by atoms with van der Waals surface area (Å²) in [6.45, 7) is 0. The number of aromatic nitrogens is 3. The number of carbonyl (C=O) groups excluding carboxylic acids is 1. The van der Waals surface area contributed by atoms with Gasteiger partial charge < -0.3 is 5.32 Å². The first-order valence-electron chi connectivity index (χ1n) is 8.44. The molecule has 0 bridgehead atoms. The van der Waals surface area contributed by atoms with Crippen LogP contribution in [0.3, 0.4) is 0 Å². The van der Waals surface area contributed by atoms with Gasteiger partial charge in [0.15, 0.2) is 5.16 Å². The Balaban J connectivity index is 1.50. The lowest BCUT2D eigenvalue weighted by atomic mass is 10.1. The number of benzene rings is 1. The molecule has 6 nitrogen and oxygen atoms in total. The highest BCUT2D eigenvalue weighted by atomic mass is 32.2. The Kier molecular flexibility index (Phi) is 5.56. The third kappa shape index (κ3) is 3.87. The monoisotopic (exact) mass is 428 g/mol. The van der Waals surface area contributed by atoms with Crippen molar-refractivity contribution < 1.29 is 4.79 Å². The highest BCUT2D eigenvalue weighted by molar-refractivity contribution is 7.99. The number of thiophene rings is 1. The highest BCUT2D eigenvalue weighted by Crippen LogP contribution is 2.25. The number of thioether (sulfide) groups is 1. The van der Waals surface area contributed by atoms with E-state index in [4.69, 9.17) is 0 Å². The van der Waals surface area contributed by atoms with E-state index in [1.165, 1.54) is 39.0 Å². The quantitative estimate of drug-likeness (QED) is 0.376. The van der Waals surface area contributed by atoms with E-state index in [2.05, 4.69) is 15.3 Å². The molecule has 4 rings (SSSR count). The van der Waals surface area contributed by atoms with Crippen molar-refractivity contribution in [1.29, 1.82) is 0 Å². The Bertz CT molecular complexity index is 1150. The molecule has 1 aromatic carbocycles. The fourth-order valence-corrected chi connectivity index (χ4v) is 5.04. The molecular weight excluding hydrogens is 412 g/mol. The van der Waals surface area contributed by atoms with Crippen molar-refractivity contribution in [3.05, 3.63) is 74.3 Å². The van der Waals surface area contributed by atoms with Crippen molar-refractivity contribution in [3.63, 3.8) is 0 Å². The number of rotatable bonds is 6. The standard InChI is InChI=1S/C19H16N4O2S3/c1-23-18(25)16-13(7-9-26-16)21-19(23)28-11-14(24)22-15(17-20-8-10-27-17)12-5-3-2-4-6-12/h2-10,15H,11H2,1H3,(H,22,24). The average molecular weight is 429 g/mol. The molecule has 3 aromatic heterocycles. The molecule has 0 saturated carbocycles. The molecule has 142 valence electrons. The van der Waals surface area contributed by atoms with E-state index < -0.39 is 0 Å². The number of amides is 1. The molecule has 28 heavy (non-hydrogen) atoms. The van der Waals surface area contributed by atoms with Gasteiger partial charge in [-0.15, -0.1) is 22.7 Å². The molecule has 0 aliphatic rings. The minimum Gasteiger partial charge on any atom is -0.342 e. The lowest BCUT2D eigenvalue weighted by Crippen LogP contribution is -2.31. The van der Waals surface area contributed by atoms with Crippen molar-refractivity contribution in [2.75, 3.05) is 5.75 Å². The first-order chi connectivity index (χ1) is 13.6. The Morgan fingerprint density at radius 2 is 2.04 bits per heavy atom. The molecule has 0 fully saturated rings. The summed E-state index contributed by atoms with van der Waals surface area (Å²) < 4.78 is 2.12. The molecule has 3 heterocycles. The summed E-state index contributed by atoms with van der Waals surface area (Å²) in [6, 6.07) is 11.3. The smallest absolute Gasteiger partial charge is 0.271 e. The molecule has 4 aromatic rings. The minimum absolute atomic E-state index is 0.0899. The van der Waals surface area contributed by atoms with Gasteiger partial charge in [0.25, 0.3) is 5.56 Å². The molecule has 1 N–H and O–H groups in total. The molecule has 9 heteroatoms. The van der Waals surface area contributed by atoms with Crippen LogP contribution < -0.4 is 10.9 Å². The summed E-state index contributed by atoms with van der Waals surface area (Å²) in [4.78, 5) is 33.9. The Hall–Kier alpha value is -2.49. The summed E-state index contributed by atoms with van der Waals surface area (Å²) in [6.07, 6.45) is 1.73. The van der Waals surface area contributed by atoms with E-state index in [9.17, 15) is 9.59 Å². The lowest BCUT2D eigenvalue weighted by molar-refractivity contribution is -0.119. The number of carbonyl (C=O) groups is 1. The van der Waals surface area contributed by atoms with Gasteiger partial charge in [-0.3, -0.25) is 14.2 Å². The Morgan fingerprint density at radius 1 is 1.21 bits per heavy atom. The highest BCUT2D eigenvalue weighted by Gasteiger charge is 2.20. The second-order valence-electron chi connectivity index (χ2n) is 5.96. The van der Waals surface area contributed by atoms with E-state index in [1.807, 2.05) is 47.2 Å². The summed E-state index contributed by atoms with van der Waals surface area (Å²) >= 11 is 4.12. The Morgan fingerprint density at radius 3 is 2.79 bits per heavy atom. The van der Waals surface area contributed by atoms with Crippen LogP contribution >= 0.6 is 34.4 Å². The molecular formula is C19H16N4O2S3. The maximum Gasteiger partial charge on any atom is 0.271 e. The Labute approximate surface area is 173 Å². The third-order valence-electron chi connectivity index (χ3n) is 4.12. The number of thiazole rings is 1. The first-order valence-corrected chi connectivity index (χ1v) is 11.2. The van der Waals surface area contributed by atoms with Crippen molar-refractivity contribution in [2.24, 2.45) is 7.05 Å². The lowest BCUT2D eigenvalue weighted by Gasteiger charge is -2.17. The summed E-state index contributed by atoms with van der Waals surface area (Å²) in [7, 11) is 1.68. The molecule has 0 aliphatic heterocycles. The SMILES string of the molecule is Cn1c(SCC(=O)NC(c2ccccc2)c2nccs2)nc2ccsc2c1=O. The zero-order chi connectivity index (χ0) is 19.5. The van der Waals surface area contributed by atoms with Crippen molar-refractivity contribution in [2.45, 2.75) is 11.2 Å². The van der Waals surface area contributed by atoms with Gasteiger partial charge in [0.05, 0.1) is 11.3 Å². The van der Waals surface area contributed by atoms with Crippen molar-refractivity contribution in [1.82, 2.24) is 19.9 Å². The van der Waals surface area contributed by atoms with Crippen molar-refractivity contribution in [3.8, 4) is 0 Å². The van der Waals surface area contributed by atoms with Gasteiger partial charge >= 0.3 is 0 Å². The van der Waals surface area contributed by atoms with E-state index in [0.717, 1.165) is 10.6 Å². The van der Waals surface area contributed by atoms with Gasteiger partial charge in [-0.1, -0.05) is 42.1 Å². The van der Waals surface area contributed by atoms with Crippen LogP contribution in [0.2, 0.25) is 0 Å². The molecule has 1 atom stereocenters. The summed E-state index contributed by atoms with van der Waals surface area (Å²) in [5.74, 6) is 0.0127. The van der Waals surface area contributed by atoms with Crippen LogP contribution in [0.1, 0.15) is 16.6 Å². The van der Waals surface area contributed by atoms with E-state index in [-0.39, 0.29) is 23.3 Å². The number of nitrogens with one attached hydrogen (secondary N) is 1. The number of nitrogens with zero attached hydrogens (tertiary/aromatic N) is 3. The van der Waals surface area contributed by atoms with Crippen LogP contribution in [0.25, 0.3) is 10.2 Å². The topological polar surface area (TPSA) is 76.9 Å². The van der Waals surface area contributed by atoms with E-state index in [0.29, 0.717) is 15.4 Å². The predicted octanol–water partition coefficient (Wildman–Crippen LogP) is 3.45. The molecule has 1 unspecified atom stereocenters. The predicted molar refractivity (Wildman–Crippen MR) is 114 cm³/mol. The second-order valence-corrected chi connectivity index (χ2v) is 8.75. The summed E-state index contributed by atoms with van der Waals surface area (Å²) in [5, 5.41) is 8.14. The number of hydrogen-bond acceptors (Lipinski definition) is 7.